The van der Waals surface area contributed by atoms with Gasteiger partial charge >= 0.3 is 10.2 Å². The largest absolute Gasteiger partial charge is 0.318 e. The number of rotatable bonds is 4. The van der Waals surface area contributed by atoms with E-state index < -0.39 is 10.2 Å². The van der Waals surface area contributed by atoms with Gasteiger partial charge in [0.05, 0.1) is 12.2 Å². The Morgan fingerprint density at radius 2 is 2.00 bits per heavy atom. The molecule has 0 atom stereocenters. The molecule has 2 aliphatic rings. The molecule has 0 radical (unpaired) electrons. The molecule has 0 saturated carbocycles. The van der Waals surface area contributed by atoms with Gasteiger partial charge in [0, 0.05) is 31.7 Å². The first kappa shape index (κ1) is 14.4. The van der Waals surface area contributed by atoms with E-state index in [0.29, 0.717) is 5.69 Å². The van der Waals surface area contributed by atoms with E-state index in [-0.39, 0.29) is 0 Å². The Morgan fingerprint density at radius 1 is 1.29 bits per heavy atom. The number of hydrogen-bond donors (Lipinski definition) is 1. The van der Waals surface area contributed by atoms with Crippen LogP contribution in [-0.4, -0.2) is 50.0 Å². The minimum Gasteiger partial charge on any atom is -0.318 e. The van der Waals surface area contributed by atoms with Crippen molar-refractivity contribution in [1.82, 2.24) is 9.21 Å². The molecule has 6 nitrogen and oxygen atoms in total. The SMILES string of the molecule is CN(C)S(=O)(=O)Nc1ccc(C2=CSC3=NCCN23)cc1. The minimum absolute atomic E-state index is 0.550. The summed E-state index contributed by atoms with van der Waals surface area (Å²) in [6, 6.07) is 7.38. The first-order chi connectivity index (χ1) is 9.97. The van der Waals surface area contributed by atoms with Crippen LogP contribution in [0.15, 0.2) is 34.7 Å². The highest BCUT2D eigenvalue weighted by Gasteiger charge is 2.26. The topological polar surface area (TPSA) is 65.0 Å². The Hall–Kier alpha value is -1.51. The molecule has 0 aliphatic carbocycles. The van der Waals surface area contributed by atoms with Crippen LogP contribution in [0.4, 0.5) is 5.69 Å². The lowest BCUT2D eigenvalue weighted by atomic mass is 10.1. The van der Waals surface area contributed by atoms with Crippen LogP contribution in [0, 0.1) is 0 Å². The third kappa shape index (κ3) is 2.78. The van der Waals surface area contributed by atoms with Crippen molar-refractivity contribution in [3.8, 4) is 0 Å². The zero-order chi connectivity index (χ0) is 15.0. The van der Waals surface area contributed by atoms with E-state index in [1.807, 2.05) is 12.1 Å². The van der Waals surface area contributed by atoms with Crippen LogP contribution in [0.2, 0.25) is 0 Å². The number of hydrogen-bond acceptors (Lipinski definition) is 5. The van der Waals surface area contributed by atoms with Crippen molar-refractivity contribution in [2.45, 2.75) is 0 Å². The van der Waals surface area contributed by atoms with Crippen LogP contribution < -0.4 is 4.72 Å². The Bertz CT molecular complexity index is 708. The quantitative estimate of drug-likeness (QED) is 0.914. The number of aliphatic imine (C=N–C) groups is 1. The van der Waals surface area contributed by atoms with E-state index in [1.165, 1.54) is 14.1 Å². The smallest absolute Gasteiger partial charge is 0.301 e. The molecule has 112 valence electrons. The molecule has 8 heteroatoms. The Kier molecular flexibility index (Phi) is 3.68. The molecule has 0 unspecified atom stereocenters. The van der Waals surface area contributed by atoms with Gasteiger partial charge < -0.3 is 4.90 Å². The highest BCUT2D eigenvalue weighted by molar-refractivity contribution is 8.16. The second-order valence-electron chi connectivity index (χ2n) is 4.90. The lowest BCUT2D eigenvalue weighted by Crippen LogP contribution is -2.28. The van der Waals surface area contributed by atoms with Gasteiger partial charge in [0.1, 0.15) is 0 Å². The van der Waals surface area contributed by atoms with Gasteiger partial charge in [-0.05, 0) is 17.7 Å². The molecule has 3 rings (SSSR count). The lowest BCUT2D eigenvalue weighted by molar-refractivity contribution is 0.527. The van der Waals surface area contributed by atoms with E-state index in [4.69, 9.17) is 0 Å². The molecule has 0 fully saturated rings. The van der Waals surface area contributed by atoms with Crippen molar-refractivity contribution in [1.29, 1.82) is 0 Å². The van der Waals surface area contributed by atoms with E-state index in [2.05, 4.69) is 20.0 Å². The molecular formula is C13H16N4O2S2. The van der Waals surface area contributed by atoms with Crippen LogP contribution >= 0.6 is 11.8 Å². The number of benzene rings is 1. The maximum atomic E-state index is 11.8. The van der Waals surface area contributed by atoms with Crippen LogP contribution in [0.5, 0.6) is 0 Å². The molecule has 21 heavy (non-hydrogen) atoms. The van der Waals surface area contributed by atoms with E-state index in [1.54, 1.807) is 23.9 Å². The van der Waals surface area contributed by atoms with Crippen molar-refractivity contribution in [3.05, 3.63) is 35.2 Å². The first-order valence-corrected chi connectivity index (χ1v) is 8.79. The maximum absolute atomic E-state index is 11.8. The summed E-state index contributed by atoms with van der Waals surface area (Å²) in [6.45, 7) is 1.74. The van der Waals surface area contributed by atoms with Gasteiger partial charge in [-0.2, -0.15) is 12.7 Å². The van der Waals surface area contributed by atoms with Crippen molar-refractivity contribution < 1.29 is 8.42 Å². The van der Waals surface area contributed by atoms with Gasteiger partial charge in [0.2, 0.25) is 0 Å². The predicted octanol–water partition coefficient (Wildman–Crippen LogP) is 1.62. The first-order valence-electron chi connectivity index (χ1n) is 6.47. The van der Waals surface area contributed by atoms with Gasteiger partial charge in [-0.15, -0.1) is 0 Å². The summed E-state index contributed by atoms with van der Waals surface area (Å²) in [5, 5.41) is 3.12. The second kappa shape index (κ2) is 5.36. The van der Waals surface area contributed by atoms with Crippen molar-refractivity contribution in [2.75, 3.05) is 31.9 Å². The van der Waals surface area contributed by atoms with Crippen LogP contribution in [-0.2, 0) is 10.2 Å². The second-order valence-corrected chi connectivity index (χ2v) is 7.62. The lowest BCUT2D eigenvalue weighted by Gasteiger charge is -2.17. The summed E-state index contributed by atoms with van der Waals surface area (Å²) in [7, 11) is -0.479. The minimum atomic E-state index is -3.46. The number of nitrogens with one attached hydrogen (secondary N) is 1. The van der Waals surface area contributed by atoms with Crippen LogP contribution in [0.3, 0.4) is 0 Å². The fourth-order valence-electron chi connectivity index (χ4n) is 2.10. The van der Waals surface area contributed by atoms with Crippen LogP contribution in [0.1, 0.15) is 5.56 Å². The van der Waals surface area contributed by atoms with Crippen molar-refractivity contribution in [2.24, 2.45) is 4.99 Å². The van der Waals surface area contributed by atoms with E-state index in [9.17, 15) is 8.42 Å². The predicted molar refractivity (Wildman–Crippen MR) is 87.2 cm³/mol. The molecule has 0 spiro atoms. The standard InChI is InChI=1S/C13H16N4O2S2/c1-16(2)21(18,19)15-11-5-3-10(4-6-11)12-9-20-13-14-7-8-17(12)13/h3-6,9,15H,7-8H2,1-2H3. The molecule has 2 heterocycles. The highest BCUT2D eigenvalue weighted by Crippen LogP contribution is 2.35. The van der Waals surface area contributed by atoms with Gasteiger partial charge in [-0.3, -0.25) is 9.71 Å². The molecule has 0 bridgehead atoms. The third-order valence-electron chi connectivity index (χ3n) is 3.28. The average molecular weight is 324 g/mol. The fourth-order valence-corrected chi connectivity index (χ4v) is 3.68. The number of amidine groups is 1. The summed E-state index contributed by atoms with van der Waals surface area (Å²) >= 11 is 1.63. The van der Waals surface area contributed by atoms with Crippen molar-refractivity contribution >= 4 is 38.5 Å². The molecule has 0 aromatic heterocycles. The molecule has 1 N–H and O–H groups in total. The number of fused-ring (bicyclic) bond motifs is 1. The van der Waals surface area contributed by atoms with E-state index >= 15 is 0 Å². The molecule has 2 aliphatic heterocycles. The maximum Gasteiger partial charge on any atom is 0.301 e. The Balaban J connectivity index is 1.78. The molecule has 1 aromatic carbocycles. The summed E-state index contributed by atoms with van der Waals surface area (Å²) in [4.78, 5) is 6.60. The number of thioether (sulfide) groups is 1. The summed E-state index contributed by atoms with van der Waals surface area (Å²) in [6.07, 6.45) is 0. The van der Waals surface area contributed by atoms with Gasteiger partial charge in [-0.25, -0.2) is 0 Å². The molecule has 1 aromatic rings. The zero-order valence-electron chi connectivity index (χ0n) is 11.8. The van der Waals surface area contributed by atoms with Gasteiger partial charge in [0.15, 0.2) is 5.17 Å². The molecular weight excluding hydrogens is 308 g/mol. The highest BCUT2D eigenvalue weighted by atomic mass is 32.2. The van der Waals surface area contributed by atoms with E-state index in [0.717, 1.165) is 33.8 Å². The summed E-state index contributed by atoms with van der Waals surface area (Å²) < 4.78 is 27.2. The zero-order valence-corrected chi connectivity index (χ0v) is 13.4. The van der Waals surface area contributed by atoms with Gasteiger partial charge in [0.25, 0.3) is 0 Å². The average Bonchev–Trinajstić information content (AvgIpc) is 3.02. The fraction of sp³-hybridized carbons (Fsp3) is 0.308. The summed E-state index contributed by atoms with van der Waals surface area (Å²) in [5.41, 5.74) is 2.73. The monoisotopic (exact) mass is 324 g/mol. The van der Waals surface area contributed by atoms with Crippen LogP contribution in [0.25, 0.3) is 5.70 Å². The Morgan fingerprint density at radius 3 is 2.67 bits per heavy atom. The number of nitrogens with zero attached hydrogens (tertiary/aromatic N) is 3. The third-order valence-corrected chi connectivity index (χ3v) is 5.63. The normalized spacial score (nSPS) is 17.8. The summed E-state index contributed by atoms with van der Waals surface area (Å²) in [5.74, 6) is 0. The number of anilines is 1. The molecule has 0 amide bonds. The molecule has 0 saturated heterocycles. The Labute approximate surface area is 128 Å². The van der Waals surface area contributed by atoms with Crippen molar-refractivity contribution in [3.63, 3.8) is 0 Å². The van der Waals surface area contributed by atoms with Gasteiger partial charge in [-0.1, -0.05) is 23.9 Å².